The van der Waals surface area contributed by atoms with Gasteiger partial charge in [-0.1, -0.05) is 30.3 Å². The molecule has 0 saturated carbocycles. The molecule has 8 nitrogen and oxygen atoms in total. The first-order valence-corrected chi connectivity index (χ1v) is 10.5. The van der Waals surface area contributed by atoms with Gasteiger partial charge in [-0.05, 0) is 13.0 Å². The summed E-state index contributed by atoms with van der Waals surface area (Å²) < 4.78 is 5.93. The van der Waals surface area contributed by atoms with Crippen molar-refractivity contribution < 1.29 is 9.21 Å². The Morgan fingerprint density at radius 1 is 1.13 bits per heavy atom. The topological polar surface area (TPSA) is 85.7 Å². The van der Waals surface area contributed by atoms with Gasteiger partial charge in [0.15, 0.2) is 5.76 Å². The van der Waals surface area contributed by atoms with E-state index < -0.39 is 0 Å². The number of carbonyl (C=O) groups is 1. The Bertz CT molecular complexity index is 839. The number of hydrogen-bond donors (Lipinski definition) is 3. The van der Waals surface area contributed by atoms with Crippen LogP contribution in [0.4, 0.5) is 0 Å². The number of fused-ring (bicyclic) bond motifs is 1. The van der Waals surface area contributed by atoms with Crippen LogP contribution in [0.15, 0.2) is 40.9 Å². The van der Waals surface area contributed by atoms with E-state index in [0.717, 1.165) is 62.9 Å². The van der Waals surface area contributed by atoms with Crippen LogP contribution >= 0.6 is 12.4 Å². The number of oxazole rings is 1. The van der Waals surface area contributed by atoms with Crippen molar-refractivity contribution in [3.63, 3.8) is 0 Å². The molecule has 1 aromatic heterocycles. The summed E-state index contributed by atoms with van der Waals surface area (Å²) in [4.78, 5) is 21.8. The molecule has 2 aromatic rings. The molecule has 3 atom stereocenters. The molecule has 3 N–H and O–H groups in total. The number of amides is 1. The van der Waals surface area contributed by atoms with Crippen molar-refractivity contribution in [3.8, 4) is 11.3 Å². The van der Waals surface area contributed by atoms with Gasteiger partial charge < -0.3 is 14.6 Å². The highest BCUT2D eigenvalue weighted by molar-refractivity contribution is 5.85. The van der Waals surface area contributed by atoms with Crippen molar-refractivity contribution >= 4 is 18.3 Å². The van der Waals surface area contributed by atoms with Gasteiger partial charge in [-0.25, -0.2) is 10.4 Å². The molecular weight excluding hydrogens is 404 g/mol. The summed E-state index contributed by atoms with van der Waals surface area (Å²) in [6.45, 7) is 5.74. The predicted molar refractivity (Wildman–Crippen MR) is 116 cm³/mol. The van der Waals surface area contributed by atoms with E-state index in [1.54, 1.807) is 6.20 Å². The molecule has 1 amide bonds. The van der Waals surface area contributed by atoms with Crippen LogP contribution < -0.4 is 16.2 Å². The van der Waals surface area contributed by atoms with E-state index in [0.29, 0.717) is 18.5 Å². The average Bonchev–Trinajstić information content (AvgIpc) is 3.42. The molecule has 9 heteroatoms. The second kappa shape index (κ2) is 9.45. The second-order valence-electron chi connectivity index (χ2n) is 8.12. The first-order chi connectivity index (χ1) is 14.3. The molecule has 3 fully saturated rings. The van der Waals surface area contributed by atoms with E-state index in [1.807, 2.05) is 35.2 Å². The average molecular weight is 433 g/mol. The van der Waals surface area contributed by atoms with Crippen LogP contribution in [0.1, 0.15) is 12.3 Å². The van der Waals surface area contributed by atoms with Crippen molar-refractivity contribution in [2.75, 3.05) is 39.3 Å². The van der Waals surface area contributed by atoms with E-state index in [-0.39, 0.29) is 24.4 Å². The number of piperazine rings is 1. The third-order valence-electron chi connectivity index (χ3n) is 6.30. The zero-order chi connectivity index (χ0) is 19.6. The predicted octanol–water partition coefficient (Wildman–Crippen LogP) is 0.862. The Morgan fingerprint density at radius 3 is 2.73 bits per heavy atom. The van der Waals surface area contributed by atoms with Gasteiger partial charge in [0.2, 0.25) is 11.8 Å². The number of piperidine rings is 1. The minimum atomic E-state index is -0.125. The smallest absolute Gasteiger partial charge is 0.241 e. The Morgan fingerprint density at radius 2 is 1.93 bits per heavy atom. The third kappa shape index (κ3) is 4.38. The monoisotopic (exact) mass is 432 g/mol. The summed E-state index contributed by atoms with van der Waals surface area (Å²) in [7, 11) is 0. The number of hydrazine groups is 1. The number of nitrogens with zero attached hydrogens (tertiary/aromatic N) is 3. The highest BCUT2D eigenvalue weighted by Crippen LogP contribution is 2.23. The van der Waals surface area contributed by atoms with Gasteiger partial charge in [-0.15, -0.1) is 12.4 Å². The van der Waals surface area contributed by atoms with Crippen LogP contribution in [0.2, 0.25) is 0 Å². The molecule has 3 unspecified atom stereocenters. The third-order valence-corrected chi connectivity index (χ3v) is 6.30. The van der Waals surface area contributed by atoms with Gasteiger partial charge in [-0.3, -0.25) is 15.1 Å². The molecular formula is C21H29ClN6O2. The lowest BCUT2D eigenvalue weighted by atomic mass is 9.89. The van der Waals surface area contributed by atoms with Crippen molar-refractivity contribution in [2.45, 2.75) is 25.0 Å². The Kier molecular flexibility index (Phi) is 6.70. The minimum absolute atomic E-state index is 0. The SMILES string of the molecule is Cl.O=C(C1NNC2CCNCC21)N1CCN(Cc2ncc(-c3ccccc3)o2)CC1. The maximum atomic E-state index is 13.0. The fourth-order valence-electron chi connectivity index (χ4n) is 4.59. The molecule has 3 aliphatic heterocycles. The normalized spacial score (nSPS) is 26.8. The van der Waals surface area contributed by atoms with Crippen LogP contribution in [0.3, 0.4) is 0 Å². The second-order valence-corrected chi connectivity index (χ2v) is 8.12. The van der Waals surface area contributed by atoms with Gasteiger partial charge in [0.1, 0.15) is 6.04 Å². The molecule has 30 heavy (non-hydrogen) atoms. The highest BCUT2D eigenvalue weighted by atomic mass is 35.5. The zero-order valence-electron chi connectivity index (χ0n) is 16.9. The number of benzene rings is 1. The van der Waals surface area contributed by atoms with Crippen molar-refractivity contribution in [1.29, 1.82) is 0 Å². The van der Waals surface area contributed by atoms with Gasteiger partial charge in [0.05, 0.1) is 12.7 Å². The van der Waals surface area contributed by atoms with Gasteiger partial charge in [0.25, 0.3) is 0 Å². The molecule has 1 aromatic carbocycles. The van der Waals surface area contributed by atoms with E-state index in [1.165, 1.54) is 0 Å². The summed E-state index contributed by atoms with van der Waals surface area (Å²) in [5, 5.41) is 3.42. The van der Waals surface area contributed by atoms with E-state index in [4.69, 9.17) is 4.42 Å². The largest absolute Gasteiger partial charge is 0.439 e. The number of halogens is 1. The van der Waals surface area contributed by atoms with Gasteiger partial charge >= 0.3 is 0 Å². The molecule has 162 valence electrons. The Hall–Kier alpha value is -1.97. The lowest BCUT2D eigenvalue weighted by Gasteiger charge is -2.36. The minimum Gasteiger partial charge on any atom is -0.439 e. The molecule has 4 heterocycles. The number of nitrogens with one attached hydrogen (secondary N) is 3. The standard InChI is InChI=1S/C21H28N6O2.ClH/c28-21(20-16-12-22-7-6-17(16)24-25-20)27-10-8-26(9-11-27)14-19-23-13-18(29-19)15-4-2-1-3-5-15;/h1-5,13,16-17,20,22,24-25H,6-12,14H2;1H. The first kappa shape index (κ1) is 21.3. The number of carbonyl (C=O) groups excluding carboxylic acids is 1. The summed E-state index contributed by atoms with van der Waals surface area (Å²) in [6.07, 6.45) is 2.86. The molecule has 3 saturated heterocycles. The zero-order valence-corrected chi connectivity index (χ0v) is 17.7. The van der Waals surface area contributed by atoms with Crippen LogP contribution in [-0.4, -0.2) is 72.0 Å². The van der Waals surface area contributed by atoms with Crippen molar-refractivity contribution in [2.24, 2.45) is 5.92 Å². The number of aromatic nitrogens is 1. The quantitative estimate of drug-likeness (QED) is 0.660. The molecule has 0 aliphatic carbocycles. The van der Waals surface area contributed by atoms with E-state index >= 15 is 0 Å². The van der Waals surface area contributed by atoms with Crippen LogP contribution in [0.25, 0.3) is 11.3 Å². The van der Waals surface area contributed by atoms with E-state index in [2.05, 4.69) is 26.1 Å². The molecule has 0 spiro atoms. The van der Waals surface area contributed by atoms with Crippen LogP contribution in [-0.2, 0) is 11.3 Å². The highest BCUT2D eigenvalue weighted by Gasteiger charge is 2.43. The summed E-state index contributed by atoms with van der Waals surface area (Å²) >= 11 is 0. The summed E-state index contributed by atoms with van der Waals surface area (Å²) in [5.74, 6) is 2.07. The van der Waals surface area contributed by atoms with Crippen molar-refractivity contribution in [1.82, 2.24) is 31.0 Å². The molecule has 5 rings (SSSR count). The number of rotatable bonds is 4. The lowest BCUT2D eigenvalue weighted by Crippen LogP contribution is -2.55. The molecule has 3 aliphatic rings. The van der Waals surface area contributed by atoms with Crippen molar-refractivity contribution in [3.05, 3.63) is 42.4 Å². The molecule has 0 bridgehead atoms. The summed E-state index contributed by atoms with van der Waals surface area (Å²) in [6, 6.07) is 10.3. The van der Waals surface area contributed by atoms with Crippen LogP contribution in [0.5, 0.6) is 0 Å². The fourth-order valence-corrected chi connectivity index (χ4v) is 4.59. The maximum Gasteiger partial charge on any atom is 0.241 e. The van der Waals surface area contributed by atoms with Crippen LogP contribution in [0, 0.1) is 5.92 Å². The Labute approximate surface area is 182 Å². The van der Waals surface area contributed by atoms with E-state index in [9.17, 15) is 4.79 Å². The molecule has 0 radical (unpaired) electrons. The summed E-state index contributed by atoms with van der Waals surface area (Å²) in [5.41, 5.74) is 7.60. The lowest BCUT2D eigenvalue weighted by molar-refractivity contribution is -0.136. The number of hydrogen-bond acceptors (Lipinski definition) is 7. The maximum absolute atomic E-state index is 13.0. The van der Waals surface area contributed by atoms with Gasteiger partial charge in [0, 0.05) is 50.2 Å². The van der Waals surface area contributed by atoms with Gasteiger partial charge in [-0.2, -0.15) is 0 Å². The first-order valence-electron chi connectivity index (χ1n) is 10.5. The fraction of sp³-hybridized carbons (Fsp3) is 0.524. The Balaban J connectivity index is 0.00000218.